The van der Waals surface area contributed by atoms with Crippen molar-refractivity contribution >= 4 is 5.95 Å². The molecular weight excluding hydrogens is 202 g/mol. The van der Waals surface area contributed by atoms with E-state index in [1.165, 1.54) is 0 Å². The molecule has 0 aliphatic heterocycles. The molecule has 16 heavy (non-hydrogen) atoms. The smallest absolute Gasteiger partial charge is 0.203 e. The molecule has 0 bridgehead atoms. The number of aromatic nitrogens is 2. The Morgan fingerprint density at radius 1 is 1.44 bits per heavy atom. The lowest BCUT2D eigenvalue weighted by Crippen LogP contribution is -2.32. The third-order valence-electron chi connectivity index (χ3n) is 2.68. The van der Waals surface area contributed by atoms with Gasteiger partial charge in [0, 0.05) is 25.5 Å². The van der Waals surface area contributed by atoms with Crippen molar-refractivity contribution in [3.8, 4) is 0 Å². The maximum Gasteiger partial charge on any atom is 0.203 e. The molecule has 0 spiro atoms. The van der Waals surface area contributed by atoms with Crippen LogP contribution >= 0.6 is 0 Å². The van der Waals surface area contributed by atoms with Crippen molar-refractivity contribution in [3.63, 3.8) is 0 Å². The third-order valence-corrected chi connectivity index (χ3v) is 2.68. The van der Waals surface area contributed by atoms with Crippen LogP contribution in [-0.2, 0) is 11.3 Å². The number of rotatable bonds is 7. The number of hydrogen-bond acceptors (Lipinski definition) is 3. The Balaban J connectivity index is 2.60. The van der Waals surface area contributed by atoms with Crippen LogP contribution in [0.1, 0.15) is 27.7 Å². The van der Waals surface area contributed by atoms with Gasteiger partial charge in [-0.3, -0.25) is 0 Å². The van der Waals surface area contributed by atoms with E-state index in [1.54, 1.807) is 0 Å². The van der Waals surface area contributed by atoms with Crippen LogP contribution in [0.25, 0.3) is 0 Å². The SMILES string of the molecule is CCOCC(Nc1nccn1CC)C(C)C. The summed E-state index contributed by atoms with van der Waals surface area (Å²) in [5, 5.41) is 3.44. The molecule has 1 unspecified atom stereocenters. The molecule has 0 aliphatic rings. The molecule has 0 aliphatic carbocycles. The molecule has 0 radical (unpaired) electrons. The Bertz CT molecular complexity index is 296. The molecule has 1 rings (SSSR count). The second-order valence-electron chi connectivity index (χ2n) is 4.19. The lowest BCUT2D eigenvalue weighted by atomic mass is 10.1. The van der Waals surface area contributed by atoms with Gasteiger partial charge in [-0.15, -0.1) is 0 Å². The summed E-state index contributed by atoms with van der Waals surface area (Å²) in [5.41, 5.74) is 0. The zero-order chi connectivity index (χ0) is 12.0. The van der Waals surface area contributed by atoms with Crippen molar-refractivity contribution in [3.05, 3.63) is 12.4 Å². The van der Waals surface area contributed by atoms with Crippen LogP contribution in [0.3, 0.4) is 0 Å². The van der Waals surface area contributed by atoms with Gasteiger partial charge < -0.3 is 14.6 Å². The number of aryl methyl sites for hydroxylation is 1. The van der Waals surface area contributed by atoms with Crippen LogP contribution in [0.15, 0.2) is 12.4 Å². The van der Waals surface area contributed by atoms with Gasteiger partial charge >= 0.3 is 0 Å². The zero-order valence-corrected chi connectivity index (χ0v) is 10.7. The molecule has 0 fully saturated rings. The minimum atomic E-state index is 0.313. The maximum absolute atomic E-state index is 5.48. The Labute approximate surface area is 98.0 Å². The quantitative estimate of drug-likeness (QED) is 0.774. The first-order valence-corrected chi connectivity index (χ1v) is 6.04. The van der Waals surface area contributed by atoms with E-state index in [1.807, 2.05) is 19.3 Å². The fourth-order valence-electron chi connectivity index (χ4n) is 1.52. The molecule has 1 atom stereocenters. The van der Waals surface area contributed by atoms with E-state index in [9.17, 15) is 0 Å². The van der Waals surface area contributed by atoms with Crippen LogP contribution in [0.4, 0.5) is 5.95 Å². The number of nitrogens with zero attached hydrogens (tertiary/aromatic N) is 2. The molecule has 1 N–H and O–H groups in total. The third kappa shape index (κ3) is 3.52. The van der Waals surface area contributed by atoms with Crippen molar-refractivity contribution in [1.82, 2.24) is 9.55 Å². The Kier molecular flexibility index (Phi) is 5.32. The van der Waals surface area contributed by atoms with Crippen molar-refractivity contribution in [2.24, 2.45) is 5.92 Å². The summed E-state index contributed by atoms with van der Waals surface area (Å²) < 4.78 is 7.58. The first kappa shape index (κ1) is 13.0. The minimum absolute atomic E-state index is 0.313. The van der Waals surface area contributed by atoms with E-state index in [0.29, 0.717) is 12.0 Å². The van der Waals surface area contributed by atoms with E-state index in [2.05, 4.69) is 35.6 Å². The summed E-state index contributed by atoms with van der Waals surface area (Å²) in [6.45, 7) is 10.9. The van der Waals surface area contributed by atoms with Crippen molar-refractivity contribution < 1.29 is 4.74 Å². The molecule has 0 aromatic carbocycles. The molecular formula is C12H23N3O. The van der Waals surface area contributed by atoms with Gasteiger partial charge in [-0.2, -0.15) is 0 Å². The van der Waals surface area contributed by atoms with Crippen LogP contribution in [-0.4, -0.2) is 28.8 Å². The predicted molar refractivity (Wildman–Crippen MR) is 66.6 cm³/mol. The second-order valence-corrected chi connectivity index (χ2v) is 4.19. The van der Waals surface area contributed by atoms with Crippen LogP contribution in [0, 0.1) is 5.92 Å². The molecule has 1 aromatic heterocycles. The van der Waals surface area contributed by atoms with Gasteiger partial charge in [-0.25, -0.2) is 4.98 Å². The summed E-state index contributed by atoms with van der Waals surface area (Å²) in [6, 6.07) is 0.313. The predicted octanol–water partition coefficient (Wildman–Crippen LogP) is 2.38. The van der Waals surface area contributed by atoms with Gasteiger partial charge in [-0.05, 0) is 19.8 Å². The first-order valence-electron chi connectivity index (χ1n) is 6.04. The summed E-state index contributed by atoms with van der Waals surface area (Å²) in [7, 11) is 0. The minimum Gasteiger partial charge on any atom is -0.380 e. The number of imidazole rings is 1. The van der Waals surface area contributed by atoms with Crippen LogP contribution in [0.5, 0.6) is 0 Å². The number of ether oxygens (including phenoxy) is 1. The monoisotopic (exact) mass is 225 g/mol. The highest BCUT2D eigenvalue weighted by atomic mass is 16.5. The fourth-order valence-corrected chi connectivity index (χ4v) is 1.52. The zero-order valence-electron chi connectivity index (χ0n) is 10.7. The average Bonchev–Trinajstić information content (AvgIpc) is 2.70. The summed E-state index contributed by atoms with van der Waals surface area (Å²) in [4.78, 5) is 4.31. The average molecular weight is 225 g/mol. The molecule has 92 valence electrons. The Hall–Kier alpha value is -1.03. The summed E-state index contributed by atoms with van der Waals surface area (Å²) in [6.07, 6.45) is 3.81. The van der Waals surface area contributed by atoms with Crippen LogP contribution < -0.4 is 5.32 Å². The maximum atomic E-state index is 5.48. The van der Waals surface area contributed by atoms with Crippen molar-refractivity contribution in [2.45, 2.75) is 40.3 Å². The largest absolute Gasteiger partial charge is 0.380 e. The summed E-state index contributed by atoms with van der Waals surface area (Å²) >= 11 is 0. The molecule has 4 nitrogen and oxygen atoms in total. The molecule has 0 amide bonds. The topological polar surface area (TPSA) is 39.1 Å². The Morgan fingerprint density at radius 2 is 2.19 bits per heavy atom. The van der Waals surface area contributed by atoms with Crippen LogP contribution in [0.2, 0.25) is 0 Å². The van der Waals surface area contributed by atoms with Gasteiger partial charge in [0.15, 0.2) is 0 Å². The normalized spacial score (nSPS) is 13.1. The highest BCUT2D eigenvalue weighted by molar-refractivity contribution is 5.27. The molecule has 0 saturated heterocycles. The standard InChI is InChI=1S/C12H23N3O/c1-5-15-8-7-13-12(15)14-11(10(3)4)9-16-6-2/h7-8,10-11H,5-6,9H2,1-4H3,(H,13,14). The first-order chi connectivity index (χ1) is 7.69. The van der Waals surface area contributed by atoms with Crippen molar-refractivity contribution in [2.75, 3.05) is 18.5 Å². The van der Waals surface area contributed by atoms with Gasteiger partial charge in [0.2, 0.25) is 5.95 Å². The van der Waals surface area contributed by atoms with Crippen molar-refractivity contribution in [1.29, 1.82) is 0 Å². The highest BCUT2D eigenvalue weighted by Crippen LogP contribution is 2.11. The van der Waals surface area contributed by atoms with E-state index in [0.717, 1.165) is 25.7 Å². The second kappa shape index (κ2) is 6.53. The summed E-state index contributed by atoms with van der Waals surface area (Å²) in [5.74, 6) is 1.45. The highest BCUT2D eigenvalue weighted by Gasteiger charge is 2.15. The van der Waals surface area contributed by atoms with E-state index >= 15 is 0 Å². The molecule has 1 heterocycles. The number of anilines is 1. The van der Waals surface area contributed by atoms with E-state index in [-0.39, 0.29) is 0 Å². The molecule has 4 heteroatoms. The molecule has 0 saturated carbocycles. The van der Waals surface area contributed by atoms with E-state index in [4.69, 9.17) is 4.74 Å². The van der Waals surface area contributed by atoms with Gasteiger partial charge in [0.25, 0.3) is 0 Å². The van der Waals surface area contributed by atoms with Gasteiger partial charge in [0.1, 0.15) is 0 Å². The Morgan fingerprint density at radius 3 is 2.75 bits per heavy atom. The molecule has 1 aromatic rings. The van der Waals surface area contributed by atoms with Gasteiger partial charge in [0.05, 0.1) is 12.6 Å². The van der Waals surface area contributed by atoms with Gasteiger partial charge in [-0.1, -0.05) is 13.8 Å². The number of hydrogen-bond donors (Lipinski definition) is 1. The lowest BCUT2D eigenvalue weighted by molar-refractivity contribution is 0.126. The lowest BCUT2D eigenvalue weighted by Gasteiger charge is -2.22. The number of nitrogens with one attached hydrogen (secondary N) is 1. The fraction of sp³-hybridized carbons (Fsp3) is 0.750. The van der Waals surface area contributed by atoms with E-state index < -0.39 is 0 Å².